The van der Waals surface area contributed by atoms with Gasteiger partial charge in [-0.1, -0.05) is 0 Å². The Kier molecular flexibility index (Phi) is 2.66. The first-order valence-electron chi connectivity index (χ1n) is 5.49. The van der Waals surface area contributed by atoms with Crippen molar-refractivity contribution in [3.05, 3.63) is 23.7 Å². The molecule has 0 N–H and O–H groups in total. The SMILES string of the molecule is CC(C)(C)OC(=O)N1CCc2ccoc2C1. The summed E-state index contributed by atoms with van der Waals surface area (Å²) < 4.78 is 10.6. The van der Waals surface area contributed by atoms with Crippen molar-refractivity contribution >= 4 is 6.09 Å². The largest absolute Gasteiger partial charge is 0.467 e. The fraction of sp³-hybridized carbons (Fsp3) is 0.583. The summed E-state index contributed by atoms with van der Waals surface area (Å²) in [6.45, 7) is 6.81. The fourth-order valence-electron chi connectivity index (χ4n) is 1.72. The molecule has 88 valence electrons. The number of ether oxygens (including phenoxy) is 1. The number of rotatable bonds is 0. The molecule has 16 heavy (non-hydrogen) atoms. The molecule has 1 aromatic rings. The van der Waals surface area contributed by atoms with E-state index in [9.17, 15) is 4.79 Å². The minimum absolute atomic E-state index is 0.269. The Hall–Kier alpha value is -1.45. The van der Waals surface area contributed by atoms with Crippen molar-refractivity contribution in [2.45, 2.75) is 39.3 Å². The topological polar surface area (TPSA) is 42.7 Å². The van der Waals surface area contributed by atoms with E-state index in [0.717, 1.165) is 12.2 Å². The third kappa shape index (κ3) is 2.38. The summed E-state index contributed by atoms with van der Waals surface area (Å²) in [6, 6.07) is 1.96. The molecule has 0 aromatic carbocycles. The summed E-state index contributed by atoms with van der Waals surface area (Å²) in [5.74, 6) is 0.872. The van der Waals surface area contributed by atoms with E-state index in [4.69, 9.17) is 9.15 Å². The van der Waals surface area contributed by atoms with E-state index in [1.807, 2.05) is 26.8 Å². The van der Waals surface area contributed by atoms with Crippen LogP contribution in [0.1, 0.15) is 32.1 Å². The molecule has 0 unspecified atom stereocenters. The second kappa shape index (κ2) is 3.85. The quantitative estimate of drug-likeness (QED) is 0.679. The molecule has 0 aliphatic carbocycles. The van der Waals surface area contributed by atoms with Crippen LogP contribution in [0, 0.1) is 0 Å². The van der Waals surface area contributed by atoms with E-state index in [1.54, 1.807) is 11.2 Å². The lowest BCUT2D eigenvalue weighted by atomic mass is 10.1. The van der Waals surface area contributed by atoms with Crippen LogP contribution < -0.4 is 0 Å². The lowest BCUT2D eigenvalue weighted by Gasteiger charge is -2.29. The molecule has 0 fully saturated rings. The summed E-state index contributed by atoms with van der Waals surface area (Å²) in [4.78, 5) is 13.5. The molecule has 0 radical (unpaired) electrons. The minimum Gasteiger partial charge on any atom is -0.467 e. The Morgan fingerprint density at radius 2 is 2.25 bits per heavy atom. The standard InChI is InChI=1S/C12H17NO3/c1-12(2,3)16-11(14)13-6-4-9-5-7-15-10(9)8-13/h5,7H,4,6,8H2,1-3H3. The van der Waals surface area contributed by atoms with Gasteiger partial charge in [0.1, 0.15) is 11.4 Å². The van der Waals surface area contributed by atoms with Gasteiger partial charge in [-0.05, 0) is 38.8 Å². The van der Waals surface area contributed by atoms with E-state index in [1.165, 1.54) is 5.56 Å². The average molecular weight is 223 g/mol. The van der Waals surface area contributed by atoms with Crippen molar-refractivity contribution in [2.75, 3.05) is 6.54 Å². The van der Waals surface area contributed by atoms with Crippen molar-refractivity contribution in [3.8, 4) is 0 Å². The molecule has 1 aromatic heterocycles. The third-order valence-corrected chi connectivity index (χ3v) is 2.47. The second-order valence-electron chi connectivity index (χ2n) is 5.02. The number of fused-ring (bicyclic) bond motifs is 1. The average Bonchev–Trinajstić information content (AvgIpc) is 2.61. The van der Waals surface area contributed by atoms with E-state index in [0.29, 0.717) is 13.1 Å². The zero-order valence-corrected chi connectivity index (χ0v) is 9.95. The number of carbonyl (C=O) groups is 1. The van der Waals surface area contributed by atoms with Crippen molar-refractivity contribution in [1.29, 1.82) is 0 Å². The zero-order chi connectivity index (χ0) is 11.8. The first-order valence-corrected chi connectivity index (χ1v) is 5.49. The summed E-state index contributed by atoms with van der Waals surface area (Å²) in [5, 5.41) is 0. The maximum Gasteiger partial charge on any atom is 0.410 e. The molecule has 1 aliphatic rings. The van der Waals surface area contributed by atoms with Crippen molar-refractivity contribution in [1.82, 2.24) is 4.90 Å². The van der Waals surface area contributed by atoms with Crippen LogP contribution in [0.25, 0.3) is 0 Å². The second-order valence-corrected chi connectivity index (χ2v) is 5.02. The molecule has 1 aliphatic heterocycles. The predicted octanol–water partition coefficient (Wildman–Crippen LogP) is 2.57. The highest BCUT2D eigenvalue weighted by atomic mass is 16.6. The van der Waals surface area contributed by atoms with Gasteiger partial charge in [-0.25, -0.2) is 4.79 Å². The van der Waals surface area contributed by atoms with Crippen LogP contribution in [0.2, 0.25) is 0 Å². The minimum atomic E-state index is -0.444. The van der Waals surface area contributed by atoms with E-state index in [-0.39, 0.29) is 6.09 Å². The highest BCUT2D eigenvalue weighted by Gasteiger charge is 2.26. The first kappa shape index (κ1) is 11.0. The van der Waals surface area contributed by atoms with Crippen LogP contribution in [0.4, 0.5) is 4.79 Å². The maximum absolute atomic E-state index is 11.8. The Bertz CT molecular complexity index is 389. The van der Waals surface area contributed by atoms with Crippen molar-refractivity contribution < 1.29 is 13.9 Å². The molecule has 0 saturated heterocycles. The molecular weight excluding hydrogens is 206 g/mol. The number of carbonyl (C=O) groups excluding carboxylic acids is 1. The van der Waals surface area contributed by atoms with E-state index in [2.05, 4.69) is 0 Å². The predicted molar refractivity (Wildman–Crippen MR) is 59.1 cm³/mol. The van der Waals surface area contributed by atoms with Crippen molar-refractivity contribution in [2.24, 2.45) is 0 Å². The first-order chi connectivity index (χ1) is 7.46. The lowest BCUT2D eigenvalue weighted by Crippen LogP contribution is -2.39. The number of hydrogen-bond donors (Lipinski definition) is 0. The molecule has 1 amide bonds. The van der Waals surface area contributed by atoms with Crippen LogP contribution >= 0.6 is 0 Å². The smallest absolute Gasteiger partial charge is 0.410 e. The highest BCUT2D eigenvalue weighted by molar-refractivity contribution is 5.68. The van der Waals surface area contributed by atoms with Gasteiger partial charge in [-0.2, -0.15) is 0 Å². The maximum atomic E-state index is 11.8. The third-order valence-electron chi connectivity index (χ3n) is 2.47. The number of amides is 1. The van der Waals surface area contributed by atoms with Crippen molar-refractivity contribution in [3.63, 3.8) is 0 Å². The fourth-order valence-corrected chi connectivity index (χ4v) is 1.72. The summed E-state index contributed by atoms with van der Waals surface area (Å²) in [5.41, 5.74) is 0.750. The number of nitrogens with zero attached hydrogens (tertiary/aromatic N) is 1. The molecule has 4 nitrogen and oxygen atoms in total. The van der Waals surface area contributed by atoms with Gasteiger partial charge in [0.15, 0.2) is 0 Å². The normalized spacial score (nSPS) is 15.8. The summed E-state index contributed by atoms with van der Waals surface area (Å²) in [7, 11) is 0. The molecule has 0 bridgehead atoms. The van der Waals surface area contributed by atoms with E-state index >= 15 is 0 Å². The van der Waals surface area contributed by atoms with Gasteiger partial charge in [-0.15, -0.1) is 0 Å². The molecule has 2 rings (SSSR count). The van der Waals surface area contributed by atoms with Gasteiger partial charge >= 0.3 is 6.09 Å². The van der Waals surface area contributed by atoms with Gasteiger partial charge in [0, 0.05) is 6.54 Å². The van der Waals surface area contributed by atoms with Gasteiger partial charge < -0.3 is 14.1 Å². The highest BCUT2D eigenvalue weighted by Crippen LogP contribution is 2.21. The molecule has 0 saturated carbocycles. The van der Waals surface area contributed by atoms with Crippen LogP contribution in [0.15, 0.2) is 16.7 Å². The van der Waals surface area contributed by atoms with Crippen LogP contribution in [0.5, 0.6) is 0 Å². The molecular formula is C12H17NO3. The van der Waals surface area contributed by atoms with Gasteiger partial charge in [0.05, 0.1) is 12.8 Å². The molecule has 0 atom stereocenters. The van der Waals surface area contributed by atoms with Gasteiger partial charge in [0.2, 0.25) is 0 Å². The summed E-state index contributed by atoms with van der Waals surface area (Å²) >= 11 is 0. The Morgan fingerprint density at radius 1 is 1.50 bits per heavy atom. The lowest BCUT2D eigenvalue weighted by molar-refractivity contribution is 0.0209. The Balaban J connectivity index is 2.01. The number of hydrogen-bond acceptors (Lipinski definition) is 3. The van der Waals surface area contributed by atoms with Crippen LogP contribution in [-0.2, 0) is 17.7 Å². The van der Waals surface area contributed by atoms with E-state index < -0.39 is 5.60 Å². The zero-order valence-electron chi connectivity index (χ0n) is 9.95. The summed E-state index contributed by atoms with van der Waals surface area (Å²) in [6.07, 6.45) is 2.24. The molecule has 4 heteroatoms. The molecule has 2 heterocycles. The molecule has 0 spiro atoms. The number of furan rings is 1. The monoisotopic (exact) mass is 223 g/mol. The van der Waals surface area contributed by atoms with Gasteiger partial charge in [-0.3, -0.25) is 0 Å². The Morgan fingerprint density at radius 3 is 2.94 bits per heavy atom. The van der Waals surface area contributed by atoms with Crippen LogP contribution in [0.3, 0.4) is 0 Å². The Labute approximate surface area is 95.2 Å². The van der Waals surface area contributed by atoms with Gasteiger partial charge in [0.25, 0.3) is 0 Å². The van der Waals surface area contributed by atoms with Crippen LogP contribution in [-0.4, -0.2) is 23.1 Å².